The van der Waals surface area contributed by atoms with Gasteiger partial charge in [0.2, 0.25) is 0 Å². The molecule has 1 heterocycles. The first-order chi connectivity index (χ1) is 17.7. The van der Waals surface area contributed by atoms with Crippen molar-refractivity contribution in [1.29, 1.82) is 0 Å². The molecule has 2 N–H and O–H groups in total. The molecule has 37 heavy (non-hydrogen) atoms. The number of amides is 2. The lowest BCUT2D eigenvalue weighted by molar-refractivity contribution is -0.123. The minimum Gasteiger partial charge on any atom is -0.462 e. The molecule has 1 aromatic heterocycles. The first kappa shape index (κ1) is 28.0. The average molecular weight is 544 g/mol. The maximum absolute atomic E-state index is 12.8. The van der Waals surface area contributed by atoms with Gasteiger partial charge in [0.25, 0.3) is 11.8 Å². The van der Waals surface area contributed by atoms with Crippen molar-refractivity contribution in [3.63, 3.8) is 0 Å². The predicted molar refractivity (Wildman–Crippen MR) is 143 cm³/mol. The molecular formula is C27H27Cl2N3O5. The Kier molecular flexibility index (Phi) is 9.88. The molecule has 0 unspecified atom stereocenters. The second-order valence-corrected chi connectivity index (χ2v) is 9.36. The lowest BCUT2D eigenvalue weighted by atomic mass is 10.0. The van der Waals surface area contributed by atoms with Crippen molar-refractivity contribution >= 4 is 47.2 Å². The number of furan rings is 1. The minimum atomic E-state index is -0.839. The van der Waals surface area contributed by atoms with Crippen LogP contribution in [0.5, 0.6) is 0 Å². The van der Waals surface area contributed by atoms with Gasteiger partial charge in [0.15, 0.2) is 0 Å². The first-order valence-corrected chi connectivity index (χ1v) is 12.4. The van der Waals surface area contributed by atoms with E-state index in [1.807, 2.05) is 13.8 Å². The molecular weight excluding hydrogens is 517 g/mol. The number of carbonyl (C=O) groups is 3. The number of ether oxygens (including phenoxy) is 1. The molecule has 0 bridgehead atoms. The number of halogens is 2. The van der Waals surface area contributed by atoms with Crippen LogP contribution in [0, 0.1) is 5.92 Å². The van der Waals surface area contributed by atoms with Gasteiger partial charge in [0.1, 0.15) is 17.6 Å². The fourth-order valence-corrected chi connectivity index (χ4v) is 3.94. The van der Waals surface area contributed by atoms with Crippen LogP contribution in [0.2, 0.25) is 10.0 Å². The zero-order valence-electron chi connectivity index (χ0n) is 20.6. The number of carbonyl (C=O) groups excluding carboxylic acids is 3. The SMILES string of the molecule is CCOC(=O)c1cccc(-c2ccc(/C=N/NC(=O)[C@@H](CC(C)C)NC(=O)c3ccc(Cl)cc3Cl)o2)c1. The highest BCUT2D eigenvalue weighted by molar-refractivity contribution is 6.36. The molecule has 0 aliphatic heterocycles. The quantitative estimate of drug-likeness (QED) is 0.193. The van der Waals surface area contributed by atoms with Gasteiger partial charge in [-0.3, -0.25) is 9.59 Å². The van der Waals surface area contributed by atoms with Gasteiger partial charge in [-0.15, -0.1) is 0 Å². The summed E-state index contributed by atoms with van der Waals surface area (Å²) in [5.41, 5.74) is 3.76. The molecule has 2 amide bonds. The highest BCUT2D eigenvalue weighted by atomic mass is 35.5. The Balaban J connectivity index is 1.66. The molecule has 10 heteroatoms. The topological polar surface area (TPSA) is 110 Å². The van der Waals surface area contributed by atoms with E-state index >= 15 is 0 Å². The van der Waals surface area contributed by atoms with Crippen molar-refractivity contribution in [3.8, 4) is 11.3 Å². The van der Waals surface area contributed by atoms with Gasteiger partial charge in [-0.05, 0) is 61.7 Å². The standard InChI is InChI=1S/C27H27Cl2N3O5/c1-4-36-27(35)18-7-5-6-17(13-18)24-11-9-20(37-24)15-30-32-26(34)23(12-16(2)3)31-25(33)21-10-8-19(28)14-22(21)29/h5-11,13-16,23H,4,12H2,1-3H3,(H,31,33)(H,32,34)/b30-15+/t23-/m1/s1. The number of rotatable bonds is 10. The van der Waals surface area contributed by atoms with Crippen LogP contribution in [0.25, 0.3) is 11.3 Å². The van der Waals surface area contributed by atoms with Crippen LogP contribution in [-0.4, -0.2) is 36.6 Å². The third-order valence-electron chi connectivity index (χ3n) is 5.16. The van der Waals surface area contributed by atoms with Crippen LogP contribution >= 0.6 is 23.2 Å². The molecule has 0 spiro atoms. The van der Waals surface area contributed by atoms with E-state index in [0.29, 0.717) is 34.1 Å². The monoisotopic (exact) mass is 543 g/mol. The molecule has 0 radical (unpaired) electrons. The maximum Gasteiger partial charge on any atom is 0.338 e. The Labute approximate surface area is 225 Å². The smallest absolute Gasteiger partial charge is 0.338 e. The molecule has 3 aromatic rings. The molecule has 0 saturated heterocycles. The van der Waals surface area contributed by atoms with E-state index in [0.717, 1.165) is 0 Å². The number of hydrogen-bond donors (Lipinski definition) is 2. The van der Waals surface area contributed by atoms with Crippen molar-refractivity contribution in [3.05, 3.63) is 81.5 Å². The Bertz CT molecular complexity index is 1300. The van der Waals surface area contributed by atoms with Crippen LogP contribution < -0.4 is 10.7 Å². The molecule has 1 atom stereocenters. The number of benzene rings is 2. The molecule has 3 rings (SSSR count). The summed E-state index contributed by atoms with van der Waals surface area (Å²) < 4.78 is 10.8. The van der Waals surface area contributed by atoms with Gasteiger partial charge < -0.3 is 14.5 Å². The Hall–Kier alpha value is -3.62. The van der Waals surface area contributed by atoms with Gasteiger partial charge in [0.05, 0.1) is 29.0 Å². The summed E-state index contributed by atoms with van der Waals surface area (Å²) in [5.74, 6) is -0.372. The molecule has 194 valence electrons. The van der Waals surface area contributed by atoms with E-state index in [2.05, 4.69) is 15.8 Å². The van der Waals surface area contributed by atoms with E-state index in [4.69, 9.17) is 32.4 Å². The van der Waals surface area contributed by atoms with Crippen LogP contribution in [0.3, 0.4) is 0 Å². The van der Waals surface area contributed by atoms with E-state index in [9.17, 15) is 14.4 Å². The van der Waals surface area contributed by atoms with Gasteiger partial charge in [-0.1, -0.05) is 49.2 Å². The minimum absolute atomic E-state index is 0.124. The number of hydrazone groups is 1. The maximum atomic E-state index is 12.8. The van der Waals surface area contributed by atoms with Gasteiger partial charge in [0, 0.05) is 10.6 Å². The molecule has 0 fully saturated rings. The molecule has 2 aromatic carbocycles. The summed E-state index contributed by atoms with van der Waals surface area (Å²) >= 11 is 12.0. The number of nitrogens with zero attached hydrogens (tertiary/aromatic N) is 1. The fourth-order valence-electron chi connectivity index (χ4n) is 3.44. The van der Waals surface area contributed by atoms with Crippen molar-refractivity contribution < 1.29 is 23.5 Å². The zero-order chi connectivity index (χ0) is 26.9. The van der Waals surface area contributed by atoms with Gasteiger partial charge in [-0.25, -0.2) is 10.2 Å². The van der Waals surface area contributed by atoms with Crippen molar-refractivity contribution in [2.24, 2.45) is 11.0 Å². The van der Waals surface area contributed by atoms with E-state index in [1.54, 1.807) is 49.4 Å². The second-order valence-electron chi connectivity index (χ2n) is 8.52. The second kappa shape index (κ2) is 13.1. The van der Waals surface area contributed by atoms with Gasteiger partial charge in [-0.2, -0.15) is 5.10 Å². The summed E-state index contributed by atoms with van der Waals surface area (Å²) in [6.07, 6.45) is 1.74. The molecule has 8 nitrogen and oxygen atoms in total. The predicted octanol–water partition coefficient (Wildman–Crippen LogP) is 5.72. The third-order valence-corrected chi connectivity index (χ3v) is 5.70. The summed E-state index contributed by atoms with van der Waals surface area (Å²) in [4.78, 5) is 37.5. The van der Waals surface area contributed by atoms with E-state index in [-0.39, 0.29) is 23.1 Å². The Morgan fingerprint density at radius 3 is 2.57 bits per heavy atom. The highest BCUT2D eigenvalue weighted by Crippen LogP contribution is 2.23. The lowest BCUT2D eigenvalue weighted by Crippen LogP contribution is -2.46. The molecule has 0 aliphatic carbocycles. The van der Waals surface area contributed by atoms with Crippen molar-refractivity contribution in [2.45, 2.75) is 33.2 Å². The lowest BCUT2D eigenvalue weighted by Gasteiger charge is -2.19. The number of esters is 1. The normalized spacial score (nSPS) is 11.9. The number of nitrogens with one attached hydrogen (secondary N) is 2. The van der Waals surface area contributed by atoms with Crippen LogP contribution in [-0.2, 0) is 9.53 Å². The van der Waals surface area contributed by atoms with E-state index in [1.165, 1.54) is 18.3 Å². The summed E-state index contributed by atoms with van der Waals surface area (Å²) in [6, 6.07) is 14.0. The fraction of sp³-hybridized carbons (Fsp3) is 0.259. The summed E-state index contributed by atoms with van der Waals surface area (Å²) in [5, 5.41) is 7.27. The molecule has 0 saturated carbocycles. The zero-order valence-corrected chi connectivity index (χ0v) is 22.1. The van der Waals surface area contributed by atoms with Crippen LogP contribution in [0.1, 0.15) is 53.7 Å². The van der Waals surface area contributed by atoms with Crippen molar-refractivity contribution in [1.82, 2.24) is 10.7 Å². The molecule has 0 aliphatic rings. The third kappa shape index (κ3) is 7.93. The summed E-state index contributed by atoms with van der Waals surface area (Å²) in [6.45, 7) is 5.90. The van der Waals surface area contributed by atoms with E-state index < -0.39 is 23.8 Å². The Morgan fingerprint density at radius 2 is 1.86 bits per heavy atom. The van der Waals surface area contributed by atoms with Crippen LogP contribution in [0.4, 0.5) is 0 Å². The first-order valence-electron chi connectivity index (χ1n) is 11.6. The average Bonchev–Trinajstić information content (AvgIpc) is 3.32. The highest BCUT2D eigenvalue weighted by Gasteiger charge is 2.23. The Morgan fingerprint density at radius 1 is 1.08 bits per heavy atom. The summed E-state index contributed by atoms with van der Waals surface area (Å²) in [7, 11) is 0. The number of hydrogen-bond acceptors (Lipinski definition) is 6. The largest absolute Gasteiger partial charge is 0.462 e. The van der Waals surface area contributed by atoms with Crippen molar-refractivity contribution in [2.75, 3.05) is 6.61 Å². The van der Waals surface area contributed by atoms with Gasteiger partial charge >= 0.3 is 5.97 Å². The van der Waals surface area contributed by atoms with Crippen LogP contribution in [0.15, 0.2) is 64.1 Å².